The number of aliphatic hydroxyl groups excluding tert-OH is 1. The molecule has 15 nitrogen and oxygen atoms in total. The molecule has 0 bridgehead atoms. The molecule has 0 aromatic carbocycles. The number of ether oxygens (including phenoxy) is 1. The van der Waals surface area contributed by atoms with Crippen LogP contribution in [0.25, 0.3) is 0 Å². The Balaban J connectivity index is 3.26. The number of rotatable bonds is 3. The lowest BCUT2D eigenvalue weighted by atomic mass is 9.96. The zero-order valence-electron chi connectivity index (χ0n) is 13.3. The molecule has 4 N–H and O–H groups in total. The third-order valence-electron chi connectivity index (χ3n) is 2.86. The van der Waals surface area contributed by atoms with E-state index in [1.54, 1.807) is 0 Å². The first-order valence-electron chi connectivity index (χ1n) is 6.70. The van der Waals surface area contributed by atoms with Crippen molar-refractivity contribution in [2.75, 3.05) is 0 Å². The van der Waals surface area contributed by atoms with Gasteiger partial charge >= 0.3 is 41.6 Å². The smallest absolute Gasteiger partial charge is 0.430 e. The van der Waals surface area contributed by atoms with Gasteiger partial charge < -0.3 is 25.2 Å². The molecule has 0 aromatic heterocycles. The molecule has 1 saturated heterocycles. The van der Waals surface area contributed by atoms with Gasteiger partial charge in [-0.15, -0.1) is 0 Å². The molecule has 3 unspecified atom stereocenters. The van der Waals surface area contributed by atoms with Crippen LogP contribution in [-0.2, 0) is 53.1 Å². The summed E-state index contributed by atoms with van der Waals surface area (Å²) in [6.45, 7) is 0.636. The lowest BCUT2D eigenvalue weighted by Crippen LogP contribution is -2.58. The summed E-state index contributed by atoms with van der Waals surface area (Å²) in [5.41, 5.74) is -3.15. The van der Waals surface area contributed by atoms with Gasteiger partial charge in [-0.05, 0) is 0 Å². The van der Waals surface area contributed by atoms with E-state index < -0.39 is 66.1 Å². The number of carbonyl (C=O) groups is 6. The molecule has 0 saturated carbocycles. The number of aliphatic hydroxyl groups is 3. The van der Waals surface area contributed by atoms with E-state index in [1.165, 1.54) is 0 Å². The van der Waals surface area contributed by atoms with Gasteiger partial charge in [-0.25, -0.2) is 38.7 Å². The van der Waals surface area contributed by atoms with E-state index in [0.717, 1.165) is 0 Å². The van der Waals surface area contributed by atoms with E-state index in [4.69, 9.17) is 5.11 Å². The van der Waals surface area contributed by atoms with E-state index in [2.05, 4.69) is 24.3 Å². The average Bonchev–Trinajstić information content (AvgIpc) is 2.53. The first kappa shape index (κ1) is 21.7. The quantitative estimate of drug-likeness (QED) is 0.204. The van der Waals surface area contributed by atoms with Gasteiger partial charge in [-0.3, -0.25) is 9.59 Å². The second-order valence-electron chi connectivity index (χ2n) is 5.07. The molecule has 1 fully saturated rings. The Bertz CT molecular complexity index is 682. The Kier molecular flexibility index (Phi) is 6.39. The van der Waals surface area contributed by atoms with Gasteiger partial charge in [0, 0.05) is 6.92 Å². The van der Waals surface area contributed by atoms with Gasteiger partial charge in [-0.2, -0.15) is 0 Å². The van der Waals surface area contributed by atoms with Crippen LogP contribution in [0, 0.1) is 0 Å². The molecule has 150 valence electrons. The zero-order valence-corrected chi connectivity index (χ0v) is 13.3. The molecule has 0 amide bonds. The summed E-state index contributed by atoms with van der Waals surface area (Å²) in [6, 6.07) is 0. The molecule has 1 rings (SSSR count). The molecule has 27 heavy (non-hydrogen) atoms. The molecule has 0 aromatic rings. The topological polar surface area (TPSA) is 229 Å². The Morgan fingerprint density at radius 3 is 2.15 bits per heavy atom. The third-order valence-corrected chi connectivity index (χ3v) is 2.86. The highest BCUT2D eigenvalue weighted by Crippen LogP contribution is 2.23. The fourth-order valence-electron chi connectivity index (χ4n) is 1.66. The number of aliphatic carboxylic acids is 1. The van der Waals surface area contributed by atoms with E-state index in [1.807, 2.05) is 0 Å². The highest BCUT2D eigenvalue weighted by Gasteiger charge is 2.56. The van der Waals surface area contributed by atoms with Crippen molar-refractivity contribution in [3.05, 3.63) is 0 Å². The standard InChI is InChI=1S/C12H12O15/c1-4(13)23-12(22)7(17)8(18)25-24-6(16)3-11(21,2-5(14)15)9(19)26-27-10(12)20/h7,17,21-22H,2-3H2,1H3,(H,14,15). The van der Waals surface area contributed by atoms with Crippen LogP contribution < -0.4 is 0 Å². The average molecular weight is 396 g/mol. The fourth-order valence-corrected chi connectivity index (χ4v) is 1.66. The number of hydrogen-bond acceptors (Lipinski definition) is 14. The lowest BCUT2D eigenvalue weighted by Gasteiger charge is -2.28. The summed E-state index contributed by atoms with van der Waals surface area (Å²) in [5, 5.41) is 38.2. The van der Waals surface area contributed by atoms with Crippen LogP contribution >= 0.6 is 0 Å². The molecule has 1 heterocycles. The summed E-state index contributed by atoms with van der Waals surface area (Å²) in [5.74, 6) is -15.1. The molecule has 0 radical (unpaired) electrons. The van der Waals surface area contributed by atoms with Gasteiger partial charge in [0.2, 0.25) is 6.10 Å². The molecule has 3 atom stereocenters. The number of hydrogen-bond donors (Lipinski definition) is 4. The second kappa shape index (κ2) is 7.94. The maximum absolute atomic E-state index is 11.8. The van der Waals surface area contributed by atoms with E-state index >= 15 is 0 Å². The van der Waals surface area contributed by atoms with Crippen molar-refractivity contribution >= 4 is 35.8 Å². The Hall–Kier alpha value is -3.30. The number of carboxylic acid groups (broad SMARTS) is 1. The maximum Gasteiger partial charge on any atom is 0.430 e. The SMILES string of the molecule is CC(=O)OC1(O)C(=O)OOC(=O)C(O)(CC(=O)O)CC(=O)OOC(=O)C1O. The third kappa shape index (κ3) is 5.09. The van der Waals surface area contributed by atoms with E-state index in [9.17, 15) is 44.1 Å². The molecule has 1 aliphatic heterocycles. The zero-order chi connectivity index (χ0) is 21.0. The fraction of sp³-hybridized carbons (Fsp3) is 0.500. The normalized spacial score (nSPS) is 29.9. The van der Waals surface area contributed by atoms with Gasteiger partial charge in [0.05, 0.1) is 12.8 Å². The molecule has 0 spiro atoms. The first-order chi connectivity index (χ1) is 12.3. The van der Waals surface area contributed by atoms with E-state index in [0.29, 0.717) is 6.92 Å². The summed E-state index contributed by atoms with van der Waals surface area (Å²) in [7, 11) is 0. The maximum atomic E-state index is 11.8. The van der Waals surface area contributed by atoms with Crippen molar-refractivity contribution in [1.82, 2.24) is 0 Å². The largest absolute Gasteiger partial charge is 0.481 e. The van der Waals surface area contributed by atoms with E-state index in [-0.39, 0.29) is 0 Å². The minimum absolute atomic E-state index is 0.636. The van der Waals surface area contributed by atoms with Crippen molar-refractivity contribution in [3.63, 3.8) is 0 Å². The lowest BCUT2D eigenvalue weighted by molar-refractivity contribution is -0.319. The van der Waals surface area contributed by atoms with Crippen LogP contribution in [0.5, 0.6) is 0 Å². The predicted molar refractivity (Wildman–Crippen MR) is 68.9 cm³/mol. The van der Waals surface area contributed by atoms with Crippen molar-refractivity contribution in [2.24, 2.45) is 0 Å². The molecule has 1 aliphatic rings. The predicted octanol–water partition coefficient (Wildman–Crippen LogP) is -3.79. The summed E-state index contributed by atoms with van der Waals surface area (Å²) in [4.78, 5) is 83.6. The van der Waals surface area contributed by atoms with Gasteiger partial charge in [0.15, 0.2) is 5.60 Å². The molecular weight excluding hydrogens is 384 g/mol. The Morgan fingerprint density at radius 1 is 1.07 bits per heavy atom. The monoisotopic (exact) mass is 396 g/mol. The first-order valence-corrected chi connectivity index (χ1v) is 6.70. The van der Waals surface area contributed by atoms with Gasteiger partial charge in [0.1, 0.15) is 0 Å². The highest BCUT2D eigenvalue weighted by molar-refractivity contribution is 5.92. The van der Waals surface area contributed by atoms with Crippen LogP contribution in [0.1, 0.15) is 19.8 Å². The number of carboxylic acids is 1. The van der Waals surface area contributed by atoms with Crippen LogP contribution in [0.2, 0.25) is 0 Å². The molecule has 15 heteroatoms. The minimum atomic E-state index is -3.82. The number of carbonyl (C=O) groups excluding carboxylic acids is 5. The van der Waals surface area contributed by atoms with Crippen LogP contribution in [0.15, 0.2) is 0 Å². The van der Waals surface area contributed by atoms with Gasteiger partial charge in [-0.1, -0.05) is 0 Å². The summed E-state index contributed by atoms with van der Waals surface area (Å²) in [6.07, 6.45) is -5.91. The number of esters is 1. The Morgan fingerprint density at radius 2 is 1.63 bits per heavy atom. The molecule has 0 aliphatic carbocycles. The van der Waals surface area contributed by atoms with Gasteiger partial charge in [0.25, 0.3) is 0 Å². The van der Waals surface area contributed by atoms with Crippen molar-refractivity contribution in [2.45, 2.75) is 37.3 Å². The molecular formula is C12H12O15. The van der Waals surface area contributed by atoms with Crippen LogP contribution in [0.4, 0.5) is 0 Å². The van der Waals surface area contributed by atoms with Crippen molar-refractivity contribution in [3.8, 4) is 0 Å². The van der Waals surface area contributed by atoms with Crippen LogP contribution in [-0.4, -0.2) is 73.7 Å². The summed E-state index contributed by atoms with van der Waals surface area (Å²) >= 11 is 0. The minimum Gasteiger partial charge on any atom is -0.481 e. The Labute approximate surface area is 147 Å². The summed E-state index contributed by atoms with van der Waals surface area (Å²) < 4.78 is 4.06. The highest BCUT2D eigenvalue weighted by atomic mass is 17.2. The van der Waals surface area contributed by atoms with Crippen LogP contribution in [0.3, 0.4) is 0 Å². The second-order valence-corrected chi connectivity index (χ2v) is 5.07. The van der Waals surface area contributed by atoms with Crippen molar-refractivity contribution < 1.29 is 73.5 Å². The van der Waals surface area contributed by atoms with Crippen molar-refractivity contribution in [1.29, 1.82) is 0 Å².